The first-order valence-corrected chi connectivity index (χ1v) is 5.52. The number of hydrogen-bond donors (Lipinski definition) is 1. The molecule has 4 nitrogen and oxygen atoms in total. The number of aromatic nitrogens is 1. The van der Waals surface area contributed by atoms with Gasteiger partial charge in [0.1, 0.15) is 0 Å². The Bertz CT molecular complexity index is 414. The van der Waals surface area contributed by atoms with Gasteiger partial charge in [-0.1, -0.05) is 0 Å². The molecule has 1 rings (SSSR count). The first-order chi connectivity index (χ1) is 7.50. The Morgan fingerprint density at radius 2 is 2.31 bits per heavy atom. The van der Waals surface area contributed by atoms with Gasteiger partial charge >= 0.3 is 0 Å². The Hall–Kier alpha value is -1.29. The summed E-state index contributed by atoms with van der Waals surface area (Å²) in [4.78, 5) is 26.9. The molecule has 5 heteroatoms. The predicted octanol–water partition coefficient (Wildman–Crippen LogP) is 1.46. The first kappa shape index (κ1) is 12.8. The minimum atomic E-state index is -0.273. The van der Waals surface area contributed by atoms with E-state index >= 15 is 0 Å². The van der Waals surface area contributed by atoms with Crippen LogP contribution in [0.4, 0.5) is 0 Å². The van der Waals surface area contributed by atoms with E-state index in [1.54, 1.807) is 18.0 Å². The summed E-state index contributed by atoms with van der Waals surface area (Å²) in [6.45, 7) is 2.46. The normalized spacial score (nSPS) is 12.2. The molecule has 1 atom stereocenters. The second kappa shape index (κ2) is 5.70. The maximum atomic E-state index is 11.8. The zero-order valence-electron chi connectivity index (χ0n) is 9.37. The fourth-order valence-corrected chi connectivity index (χ4v) is 1.37. The van der Waals surface area contributed by atoms with Crippen LogP contribution in [0.3, 0.4) is 0 Å². The van der Waals surface area contributed by atoms with Crippen LogP contribution in [-0.2, 0) is 0 Å². The standard InChI is InChI=1S/C11H15ClN2O2/c1-8(12)4-6-14(2)11(16)9-3-5-13-10(15)7-9/h3,5,7-8H,4,6H2,1-2H3,(H,13,15). The van der Waals surface area contributed by atoms with Crippen molar-refractivity contribution in [2.75, 3.05) is 13.6 Å². The molecular weight excluding hydrogens is 228 g/mol. The molecule has 0 saturated heterocycles. The average molecular weight is 243 g/mol. The van der Waals surface area contributed by atoms with E-state index in [4.69, 9.17) is 11.6 Å². The van der Waals surface area contributed by atoms with Crippen molar-refractivity contribution >= 4 is 17.5 Å². The predicted molar refractivity (Wildman–Crippen MR) is 64.0 cm³/mol. The summed E-state index contributed by atoms with van der Waals surface area (Å²) in [5, 5.41) is 0.0365. The zero-order valence-corrected chi connectivity index (χ0v) is 10.1. The number of carbonyl (C=O) groups is 1. The number of pyridine rings is 1. The second-order valence-electron chi connectivity index (χ2n) is 3.74. The highest BCUT2D eigenvalue weighted by atomic mass is 35.5. The number of aromatic amines is 1. The summed E-state index contributed by atoms with van der Waals surface area (Å²) in [5.41, 5.74) is 0.124. The molecule has 0 radical (unpaired) electrons. The average Bonchev–Trinajstić information content (AvgIpc) is 2.24. The van der Waals surface area contributed by atoms with E-state index in [1.807, 2.05) is 6.92 Å². The van der Waals surface area contributed by atoms with Gasteiger partial charge in [0.2, 0.25) is 5.56 Å². The lowest BCUT2D eigenvalue weighted by Crippen LogP contribution is -2.29. The van der Waals surface area contributed by atoms with Gasteiger partial charge in [-0.2, -0.15) is 0 Å². The second-order valence-corrected chi connectivity index (χ2v) is 4.48. The highest BCUT2D eigenvalue weighted by Crippen LogP contribution is 2.04. The number of H-pyrrole nitrogens is 1. The smallest absolute Gasteiger partial charge is 0.253 e. The molecule has 0 fully saturated rings. The molecule has 0 aliphatic heterocycles. The van der Waals surface area contributed by atoms with Crippen LogP contribution in [0.5, 0.6) is 0 Å². The van der Waals surface area contributed by atoms with E-state index in [1.165, 1.54) is 12.3 Å². The minimum Gasteiger partial charge on any atom is -0.342 e. The molecule has 0 aromatic carbocycles. The molecule has 0 bridgehead atoms. The molecule has 1 unspecified atom stereocenters. The molecule has 1 amide bonds. The lowest BCUT2D eigenvalue weighted by molar-refractivity contribution is 0.0793. The first-order valence-electron chi connectivity index (χ1n) is 5.09. The van der Waals surface area contributed by atoms with Gasteiger partial charge in [0.15, 0.2) is 0 Å². The van der Waals surface area contributed by atoms with Crippen LogP contribution >= 0.6 is 11.6 Å². The van der Waals surface area contributed by atoms with E-state index in [0.717, 1.165) is 6.42 Å². The highest BCUT2D eigenvalue weighted by Gasteiger charge is 2.12. The monoisotopic (exact) mass is 242 g/mol. The highest BCUT2D eigenvalue weighted by molar-refractivity contribution is 6.20. The molecule has 0 aliphatic carbocycles. The molecule has 1 aromatic rings. The summed E-state index contributed by atoms with van der Waals surface area (Å²) in [6.07, 6.45) is 2.20. The van der Waals surface area contributed by atoms with Crippen LogP contribution < -0.4 is 5.56 Å². The van der Waals surface area contributed by atoms with E-state index in [0.29, 0.717) is 12.1 Å². The van der Waals surface area contributed by atoms with Crippen molar-refractivity contribution in [1.82, 2.24) is 9.88 Å². The maximum absolute atomic E-state index is 11.8. The molecule has 1 heterocycles. The van der Waals surface area contributed by atoms with Crippen molar-refractivity contribution in [2.45, 2.75) is 18.7 Å². The van der Waals surface area contributed by atoms with Crippen LogP contribution in [0.2, 0.25) is 0 Å². The summed E-state index contributed by atoms with van der Waals surface area (Å²) < 4.78 is 0. The van der Waals surface area contributed by atoms with Crippen molar-refractivity contribution in [3.63, 3.8) is 0 Å². The van der Waals surface area contributed by atoms with Gasteiger partial charge in [-0.05, 0) is 19.4 Å². The Labute approximate surface area is 99.2 Å². The molecule has 16 heavy (non-hydrogen) atoms. The van der Waals surface area contributed by atoms with Crippen LogP contribution in [0.1, 0.15) is 23.7 Å². The molecule has 88 valence electrons. The number of hydrogen-bond acceptors (Lipinski definition) is 2. The summed E-state index contributed by atoms with van der Waals surface area (Å²) >= 11 is 5.80. The largest absolute Gasteiger partial charge is 0.342 e. The Kier molecular flexibility index (Phi) is 4.55. The number of halogens is 1. The van der Waals surface area contributed by atoms with Gasteiger partial charge in [0.25, 0.3) is 5.91 Å². The van der Waals surface area contributed by atoms with Gasteiger partial charge in [0, 0.05) is 36.8 Å². The Morgan fingerprint density at radius 1 is 1.62 bits per heavy atom. The van der Waals surface area contributed by atoms with Crippen LogP contribution in [0.25, 0.3) is 0 Å². The number of nitrogens with one attached hydrogen (secondary N) is 1. The minimum absolute atomic E-state index is 0.0365. The number of nitrogens with zero attached hydrogens (tertiary/aromatic N) is 1. The zero-order chi connectivity index (χ0) is 12.1. The van der Waals surface area contributed by atoms with Gasteiger partial charge in [-0.25, -0.2) is 0 Å². The van der Waals surface area contributed by atoms with Crippen molar-refractivity contribution in [3.05, 3.63) is 34.2 Å². The van der Waals surface area contributed by atoms with Gasteiger partial charge in [0.05, 0.1) is 0 Å². The fraction of sp³-hybridized carbons (Fsp3) is 0.455. The molecule has 1 N–H and O–H groups in total. The Morgan fingerprint density at radius 3 is 2.88 bits per heavy atom. The van der Waals surface area contributed by atoms with Crippen LogP contribution in [-0.4, -0.2) is 34.8 Å². The molecule has 1 aromatic heterocycles. The van der Waals surface area contributed by atoms with E-state index in [-0.39, 0.29) is 16.8 Å². The lowest BCUT2D eigenvalue weighted by Gasteiger charge is -2.17. The van der Waals surface area contributed by atoms with E-state index < -0.39 is 0 Å². The summed E-state index contributed by atoms with van der Waals surface area (Å²) in [5.74, 6) is -0.164. The third-order valence-electron chi connectivity index (χ3n) is 2.23. The Balaban J connectivity index is 2.67. The quantitative estimate of drug-likeness (QED) is 0.813. The SMILES string of the molecule is CC(Cl)CCN(C)C(=O)c1cc[nH]c(=O)c1. The summed E-state index contributed by atoms with van der Waals surface area (Å²) in [7, 11) is 1.70. The fourth-order valence-electron chi connectivity index (χ4n) is 1.27. The lowest BCUT2D eigenvalue weighted by atomic mass is 10.2. The van der Waals surface area contributed by atoms with Crippen LogP contribution in [0, 0.1) is 0 Å². The number of rotatable bonds is 4. The number of amides is 1. The van der Waals surface area contributed by atoms with E-state index in [2.05, 4.69) is 4.98 Å². The summed E-state index contributed by atoms with van der Waals surface area (Å²) in [6, 6.07) is 2.88. The molecule has 0 aliphatic rings. The van der Waals surface area contributed by atoms with Gasteiger partial charge in [-0.3, -0.25) is 9.59 Å². The number of alkyl halides is 1. The third-order valence-corrected chi connectivity index (χ3v) is 2.45. The molecule has 0 spiro atoms. The topological polar surface area (TPSA) is 53.2 Å². The van der Waals surface area contributed by atoms with Crippen molar-refractivity contribution < 1.29 is 4.79 Å². The van der Waals surface area contributed by atoms with Crippen LogP contribution in [0.15, 0.2) is 23.1 Å². The number of carbonyl (C=O) groups excluding carboxylic acids is 1. The van der Waals surface area contributed by atoms with Crippen molar-refractivity contribution in [1.29, 1.82) is 0 Å². The van der Waals surface area contributed by atoms with E-state index in [9.17, 15) is 9.59 Å². The molecule has 0 saturated carbocycles. The third kappa shape index (κ3) is 3.70. The maximum Gasteiger partial charge on any atom is 0.253 e. The molecular formula is C11H15ClN2O2. The van der Waals surface area contributed by atoms with Crippen molar-refractivity contribution in [2.24, 2.45) is 0 Å². The van der Waals surface area contributed by atoms with Gasteiger partial charge in [-0.15, -0.1) is 11.6 Å². The van der Waals surface area contributed by atoms with Gasteiger partial charge < -0.3 is 9.88 Å². The van der Waals surface area contributed by atoms with Crippen molar-refractivity contribution in [3.8, 4) is 0 Å².